The van der Waals surface area contributed by atoms with E-state index in [-0.39, 0.29) is 5.91 Å². The number of amides is 1. The standard InChI is InChI=1S/C23H22N4O/c28-23(19-15-24-26-22(19)17-6-2-1-3-7-17)27-12-10-16(11-13-27)21-14-18-8-4-5-9-20(18)25-21/h1-9,14-16,25H,10-13H2,(H,24,26). The Labute approximate surface area is 163 Å². The number of aromatic nitrogens is 3. The Morgan fingerprint density at radius 2 is 1.75 bits per heavy atom. The number of nitrogens with zero attached hydrogens (tertiary/aromatic N) is 2. The summed E-state index contributed by atoms with van der Waals surface area (Å²) in [5, 5.41) is 8.36. The summed E-state index contributed by atoms with van der Waals surface area (Å²) in [5.41, 5.74) is 4.89. The molecule has 1 aliphatic heterocycles. The first-order chi connectivity index (χ1) is 13.8. The second-order valence-corrected chi connectivity index (χ2v) is 7.40. The number of para-hydroxylation sites is 1. The van der Waals surface area contributed by atoms with Gasteiger partial charge in [0.1, 0.15) is 0 Å². The van der Waals surface area contributed by atoms with E-state index >= 15 is 0 Å². The van der Waals surface area contributed by atoms with Crippen molar-refractivity contribution in [3.63, 3.8) is 0 Å². The van der Waals surface area contributed by atoms with Crippen LogP contribution in [0.25, 0.3) is 22.2 Å². The monoisotopic (exact) mass is 370 g/mol. The molecule has 2 N–H and O–H groups in total. The normalized spacial score (nSPS) is 15.2. The topological polar surface area (TPSA) is 64.8 Å². The van der Waals surface area contributed by atoms with Gasteiger partial charge in [0.2, 0.25) is 0 Å². The van der Waals surface area contributed by atoms with Gasteiger partial charge in [-0.1, -0.05) is 48.5 Å². The fourth-order valence-corrected chi connectivity index (χ4v) is 4.15. The van der Waals surface area contributed by atoms with Gasteiger partial charge in [-0.2, -0.15) is 5.10 Å². The van der Waals surface area contributed by atoms with E-state index in [2.05, 4.69) is 45.5 Å². The molecule has 0 unspecified atom stereocenters. The molecule has 1 saturated heterocycles. The Morgan fingerprint density at radius 3 is 2.54 bits per heavy atom. The highest BCUT2D eigenvalue weighted by Gasteiger charge is 2.27. The summed E-state index contributed by atoms with van der Waals surface area (Å²) in [7, 11) is 0. The van der Waals surface area contributed by atoms with Gasteiger partial charge in [0.25, 0.3) is 5.91 Å². The molecule has 0 radical (unpaired) electrons. The van der Waals surface area contributed by atoms with E-state index in [1.165, 1.54) is 16.6 Å². The van der Waals surface area contributed by atoms with Gasteiger partial charge in [-0.3, -0.25) is 9.89 Å². The number of carbonyl (C=O) groups excluding carboxylic acids is 1. The fraction of sp³-hybridized carbons (Fsp3) is 0.217. The number of fused-ring (bicyclic) bond motifs is 1. The summed E-state index contributed by atoms with van der Waals surface area (Å²) in [4.78, 5) is 18.6. The zero-order valence-corrected chi connectivity index (χ0v) is 15.6. The Bertz CT molecular complexity index is 1070. The van der Waals surface area contributed by atoms with E-state index in [1.807, 2.05) is 35.2 Å². The summed E-state index contributed by atoms with van der Waals surface area (Å²) in [6, 6.07) is 20.5. The molecule has 0 atom stereocenters. The lowest BCUT2D eigenvalue weighted by Crippen LogP contribution is -2.38. The number of nitrogens with one attached hydrogen (secondary N) is 2. The lowest BCUT2D eigenvalue weighted by molar-refractivity contribution is 0.0713. The smallest absolute Gasteiger partial charge is 0.257 e. The average Bonchev–Trinajstić information content (AvgIpc) is 3.41. The number of H-pyrrole nitrogens is 2. The third kappa shape index (κ3) is 2.99. The molecule has 2 aromatic carbocycles. The summed E-state index contributed by atoms with van der Waals surface area (Å²) in [6.45, 7) is 1.52. The molecule has 0 saturated carbocycles. The number of carbonyl (C=O) groups is 1. The summed E-state index contributed by atoms with van der Waals surface area (Å²) in [6.07, 6.45) is 3.59. The van der Waals surface area contributed by atoms with Crippen LogP contribution in [0.5, 0.6) is 0 Å². The van der Waals surface area contributed by atoms with Gasteiger partial charge in [0.05, 0.1) is 17.5 Å². The molecule has 2 aromatic heterocycles. The molecule has 140 valence electrons. The minimum Gasteiger partial charge on any atom is -0.358 e. The Hall–Kier alpha value is -3.34. The first-order valence-electron chi connectivity index (χ1n) is 9.75. The molecule has 5 nitrogen and oxygen atoms in total. The lowest BCUT2D eigenvalue weighted by atomic mass is 9.93. The maximum absolute atomic E-state index is 13.1. The predicted octanol–water partition coefficient (Wildman–Crippen LogP) is 4.58. The molecule has 0 aliphatic carbocycles. The summed E-state index contributed by atoms with van der Waals surface area (Å²) < 4.78 is 0. The van der Waals surface area contributed by atoms with Crippen molar-refractivity contribution in [2.45, 2.75) is 18.8 Å². The van der Waals surface area contributed by atoms with Crippen LogP contribution in [-0.4, -0.2) is 39.1 Å². The number of piperidine rings is 1. The third-order valence-corrected chi connectivity index (χ3v) is 5.71. The van der Waals surface area contributed by atoms with Crippen molar-refractivity contribution < 1.29 is 4.79 Å². The maximum Gasteiger partial charge on any atom is 0.257 e. The van der Waals surface area contributed by atoms with Crippen molar-refractivity contribution in [2.24, 2.45) is 0 Å². The number of hydrogen-bond donors (Lipinski definition) is 2. The largest absolute Gasteiger partial charge is 0.358 e. The van der Waals surface area contributed by atoms with Gasteiger partial charge in [0.15, 0.2) is 0 Å². The number of aromatic amines is 2. The van der Waals surface area contributed by atoms with E-state index in [1.54, 1.807) is 6.20 Å². The Kier molecular flexibility index (Phi) is 4.20. The van der Waals surface area contributed by atoms with Gasteiger partial charge < -0.3 is 9.88 Å². The van der Waals surface area contributed by atoms with E-state index < -0.39 is 0 Å². The van der Waals surface area contributed by atoms with Crippen LogP contribution in [0.15, 0.2) is 66.9 Å². The minimum atomic E-state index is 0.0581. The molecule has 5 heteroatoms. The molecule has 4 aromatic rings. The van der Waals surface area contributed by atoms with Gasteiger partial charge in [-0.05, 0) is 30.4 Å². The second-order valence-electron chi connectivity index (χ2n) is 7.40. The highest BCUT2D eigenvalue weighted by Crippen LogP contribution is 2.31. The molecular weight excluding hydrogens is 348 g/mol. The predicted molar refractivity (Wildman–Crippen MR) is 110 cm³/mol. The Morgan fingerprint density at radius 1 is 1.00 bits per heavy atom. The average molecular weight is 370 g/mol. The van der Waals surface area contributed by atoms with Crippen molar-refractivity contribution in [1.29, 1.82) is 0 Å². The highest BCUT2D eigenvalue weighted by atomic mass is 16.2. The third-order valence-electron chi connectivity index (χ3n) is 5.71. The molecule has 5 rings (SSSR count). The van der Waals surface area contributed by atoms with Crippen LogP contribution in [-0.2, 0) is 0 Å². The first kappa shape index (κ1) is 16.8. The van der Waals surface area contributed by atoms with E-state index in [0.717, 1.165) is 37.2 Å². The van der Waals surface area contributed by atoms with Crippen molar-refractivity contribution in [1.82, 2.24) is 20.1 Å². The summed E-state index contributed by atoms with van der Waals surface area (Å²) >= 11 is 0. The molecule has 28 heavy (non-hydrogen) atoms. The minimum absolute atomic E-state index is 0.0581. The SMILES string of the molecule is O=C(c1cn[nH]c1-c1ccccc1)N1CCC(c2cc3ccccc3[nH]2)CC1. The number of rotatable bonds is 3. The zero-order chi connectivity index (χ0) is 18.9. The maximum atomic E-state index is 13.1. The van der Waals surface area contributed by atoms with Crippen molar-refractivity contribution >= 4 is 16.8 Å². The van der Waals surface area contributed by atoms with E-state index in [9.17, 15) is 4.79 Å². The molecule has 3 heterocycles. The highest BCUT2D eigenvalue weighted by molar-refractivity contribution is 5.99. The molecule has 1 amide bonds. The zero-order valence-electron chi connectivity index (χ0n) is 15.6. The molecule has 1 aliphatic rings. The molecule has 0 bridgehead atoms. The van der Waals surface area contributed by atoms with Crippen LogP contribution in [0.3, 0.4) is 0 Å². The van der Waals surface area contributed by atoms with Gasteiger partial charge in [-0.25, -0.2) is 0 Å². The number of hydrogen-bond acceptors (Lipinski definition) is 2. The van der Waals surface area contributed by atoms with Crippen molar-refractivity contribution in [3.8, 4) is 11.3 Å². The van der Waals surface area contributed by atoms with Gasteiger partial charge in [0, 0.05) is 35.8 Å². The van der Waals surface area contributed by atoms with Crippen LogP contribution in [0.2, 0.25) is 0 Å². The summed E-state index contributed by atoms with van der Waals surface area (Å²) in [5.74, 6) is 0.525. The molecule has 1 fully saturated rings. The Balaban J connectivity index is 1.31. The van der Waals surface area contributed by atoms with Crippen molar-refractivity contribution in [2.75, 3.05) is 13.1 Å². The number of benzene rings is 2. The van der Waals surface area contributed by atoms with Crippen LogP contribution in [0.1, 0.15) is 34.8 Å². The van der Waals surface area contributed by atoms with Gasteiger partial charge in [-0.15, -0.1) is 0 Å². The van der Waals surface area contributed by atoms with Crippen molar-refractivity contribution in [3.05, 3.63) is 78.1 Å². The molecular formula is C23H22N4O. The van der Waals surface area contributed by atoms with Crippen LogP contribution in [0, 0.1) is 0 Å². The molecule has 0 spiro atoms. The van der Waals surface area contributed by atoms with E-state index in [0.29, 0.717) is 11.5 Å². The van der Waals surface area contributed by atoms with E-state index in [4.69, 9.17) is 0 Å². The number of likely N-dealkylation sites (tertiary alicyclic amines) is 1. The van der Waals surface area contributed by atoms with Crippen LogP contribution >= 0.6 is 0 Å². The van der Waals surface area contributed by atoms with Gasteiger partial charge >= 0.3 is 0 Å². The second kappa shape index (κ2) is 7.00. The fourth-order valence-electron chi connectivity index (χ4n) is 4.15. The van der Waals surface area contributed by atoms with Crippen LogP contribution < -0.4 is 0 Å². The van der Waals surface area contributed by atoms with Crippen LogP contribution in [0.4, 0.5) is 0 Å². The first-order valence-corrected chi connectivity index (χ1v) is 9.75. The quantitative estimate of drug-likeness (QED) is 0.554. The lowest BCUT2D eigenvalue weighted by Gasteiger charge is -2.31.